The molecule has 4 N–H and O–H groups in total. The van der Waals surface area contributed by atoms with Crippen molar-refractivity contribution in [2.75, 3.05) is 18.5 Å². The van der Waals surface area contributed by atoms with Gasteiger partial charge in [-0.05, 0) is 27.7 Å². The van der Waals surface area contributed by atoms with E-state index >= 15 is 0 Å². The molecule has 1 heterocycles. The number of aliphatic carboxylic acids is 1. The lowest BCUT2D eigenvalue weighted by molar-refractivity contribution is -0.155. The zero-order chi connectivity index (χ0) is 18.5. The van der Waals surface area contributed by atoms with E-state index in [9.17, 15) is 19.5 Å². The van der Waals surface area contributed by atoms with Crippen molar-refractivity contribution >= 4 is 34.4 Å². The number of carboxylic acid groups (broad SMARTS) is 1. The van der Waals surface area contributed by atoms with Crippen molar-refractivity contribution in [1.82, 2.24) is 10.3 Å². The van der Waals surface area contributed by atoms with Gasteiger partial charge in [0.25, 0.3) is 0 Å². The third-order valence-electron chi connectivity index (χ3n) is 3.20. The fourth-order valence-electron chi connectivity index (χ4n) is 1.50. The predicted molar refractivity (Wildman–Crippen MR) is 87.1 cm³/mol. The summed E-state index contributed by atoms with van der Waals surface area (Å²) in [5.74, 6) is -1.88. The zero-order valence-corrected chi connectivity index (χ0v) is 14.7. The average Bonchev–Trinajstić information content (AvgIpc) is 2.94. The van der Waals surface area contributed by atoms with Crippen molar-refractivity contribution in [3.63, 3.8) is 0 Å². The summed E-state index contributed by atoms with van der Waals surface area (Å²) in [6.07, 6.45) is 0. The van der Waals surface area contributed by atoms with Gasteiger partial charge in [-0.2, -0.15) is 0 Å². The van der Waals surface area contributed by atoms with Gasteiger partial charge in [0.2, 0.25) is 0 Å². The molecule has 0 radical (unpaired) electrons. The molecular weight excluding hydrogens is 338 g/mol. The second-order valence-corrected chi connectivity index (χ2v) is 6.63. The monoisotopic (exact) mass is 359 g/mol. The Morgan fingerprint density at radius 1 is 1.33 bits per heavy atom. The van der Waals surface area contributed by atoms with Gasteiger partial charge in [0.05, 0.1) is 18.8 Å². The van der Waals surface area contributed by atoms with Gasteiger partial charge in [0.1, 0.15) is 5.41 Å². The Morgan fingerprint density at radius 3 is 2.50 bits per heavy atom. The van der Waals surface area contributed by atoms with Crippen LogP contribution in [-0.2, 0) is 19.7 Å². The van der Waals surface area contributed by atoms with Gasteiger partial charge in [-0.3, -0.25) is 10.1 Å². The van der Waals surface area contributed by atoms with Gasteiger partial charge in [0.15, 0.2) is 10.7 Å². The van der Waals surface area contributed by atoms with Crippen LogP contribution in [0.5, 0.6) is 0 Å². The number of ether oxygens (including phenoxy) is 1. The maximum Gasteiger partial charge on any atom is 0.337 e. The van der Waals surface area contributed by atoms with E-state index in [-0.39, 0.29) is 11.7 Å². The minimum atomic E-state index is -2.07. The van der Waals surface area contributed by atoms with Gasteiger partial charge < -0.3 is 20.3 Å². The van der Waals surface area contributed by atoms with Crippen LogP contribution in [0.15, 0.2) is 5.38 Å². The van der Waals surface area contributed by atoms with E-state index in [0.717, 1.165) is 18.3 Å². The van der Waals surface area contributed by atoms with E-state index < -0.39 is 35.5 Å². The molecule has 0 fully saturated rings. The Bertz CT molecular complexity index is 626. The highest BCUT2D eigenvalue weighted by atomic mass is 32.1. The number of carbonyl (C=O) groups is 3. The summed E-state index contributed by atoms with van der Waals surface area (Å²) in [6, 6.07) is -0.716. The van der Waals surface area contributed by atoms with E-state index in [1.165, 1.54) is 0 Å². The molecule has 9 nitrogen and oxygen atoms in total. The van der Waals surface area contributed by atoms with Crippen molar-refractivity contribution in [3.05, 3.63) is 11.1 Å². The average molecular weight is 359 g/mol. The number of urea groups is 1. The number of aliphatic hydroxyl groups is 1. The Balaban J connectivity index is 2.68. The fourth-order valence-corrected chi connectivity index (χ4v) is 2.38. The molecule has 1 aromatic rings. The summed E-state index contributed by atoms with van der Waals surface area (Å²) in [6.45, 7) is 5.88. The van der Waals surface area contributed by atoms with Gasteiger partial charge in [0, 0.05) is 5.38 Å². The first-order valence-electron chi connectivity index (χ1n) is 7.14. The van der Waals surface area contributed by atoms with E-state index in [2.05, 4.69) is 15.6 Å². The number of nitrogens with one attached hydrogen (secondary N) is 2. The van der Waals surface area contributed by atoms with Crippen LogP contribution < -0.4 is 10.6 Å². The number of hydrogen-bond donors (Lipinski definition) is 4. The molecule has 0 spiro atoms. The van der Waals surface area contributed by atoms with Crippen LogP contribution in [0.4, 0.5) is 9.93 Å². The third-order valence-corrected chi connectivity index (χ3v) is 3.96. The van der Waals surface area contributed by atoms with E-state index in [1.807, 2.05) is 0 Å². The molecule has 1 unspecified atom stereocenters. The summed E-state index contributed by atoms with van der Waals surface area (Å²) >= 11 is 1.11. The molecule has 134 valence electrons. The van der Waals surface area contributed by atoms with Crippen LogP contribution in [0, 0.1) is 0 Å². The maximum atomic E-state index is 11.9. The predicted octanol–water partition coefficient (Wildman–Crippen LogP) is 0.941. The first-order valence-corrected chi connectivity index (χ1v) is 8.02. The van der Waals surface area contributed by atoms with Gasteiger partial charge in [-0.25, -0.2) is 14.6 Å². The summed E-state index contributed by atoms with van der Waals surface area (Å²) in [5, 5.41) is 24.8. The zero-order valence-electron chi connectivity index (χ0n) is 13.9. The number of aromatic nitrogens is 1. The summed E-state index contributed by atoms with van der Waals surface area (Å²) in [4.78, 5) is 38.6. The van der Waals surface area contributed by atoms with E-state index in [0.29, 0.717) is 5.69 Å². The topological polar surface area (TPSA) is 138 Å². The first kappa shape index (κ1) is 19.8. The summed E-state index contributed by atoms with van der Waals surface area (Å²) < 4.78 is 4.99. The Morgan fingerprint density at radius 2 is 1.96 bits per heavy atom. The Labute approximate surface area is 143 Å². The van der Waals surface area contributed by atoms with Crippen molar-refractivity contribution in [2.24, 2.45) is 0 Å². The quantitative estimate of drug-likeness (QED) is 0.532. The molecule has 0 saturated carbocycles. The highest BCUT2D eigenvalue weighted by molar-refractivity contribution is 7.14. The van der Waals surface area contributed by atoms with Gasteiger partial charge in [-0.15, -0.1) is 11.3 Å². The van der Waals surface area contributed by atoms with Crippen molar-refractivity contribution in [2.45, 2.75) is 38.7 Å². The second kappa shape index (κ2) is 7.58. The second-order valence-electron chi connectivity index (χ2n) is 5.77. The lowest BCUT2D eigenvalue weighted by Crippen LogP contribution is -2.47. The van der Waals surface area contributed by atoms with Crippen LogP contribution in [0.25, 0.3) is 0 Å². The molecule has 1 aromatic heterocycles. The number of esters is 1. The number of rotatable bonds is 7. The molecule has 10 heteroatoms. The van der Waals surface area contributed by atoms with Crippen molar-refractivity contribution in [1.29, 1.82) is 0 Å². The molecule has 0 saturated heterocycles. The van der Waals surface area contributed by atoms with E-state index in [4.69, 9.17) is 9.84 Å². The molecular formula is C14H21N3O6S. The molecule has 1 rings (SSSR count). The summed E-state index contributed by atoms with van der Waals surface area (Å²) in [5.41, 5.74) is -2.59. The van der Waals surface area contributed by atoms with E-state index in [1.54, 1.807) is 26.2 Å². The maximum absolute atomic E-state index is 11.9. The molecule has 0 aliphatic carbocycles. The Hall–Kier alpha value is -2.20. The Kier molecular flexibility index (Phi) is 6.27. The number of carbonyl (C=O) groups excluding carboxylic acids is 2. The number of anilines is 1. The van der Waals surface area contributed by atoms with Gasteiger partial charge in [-0.1, -0.05) is 0 Å². The third kappa shape index (κ3) is 4.90. The number of hydrogen-bond acceptors (Lipinski definition) is 7. The molecule has 0 aliphatic rings. The highest BCUT2D eigenvalue weighted by Gasteiger charge is 2.34. The smallest absolute Gasteiger partial charge is 0.337 e. The summed E-state index contributed by atoms with van der Waals surface area (Å²) in [7, 11) is 0. The first-order chi connectivity index (χ1) is 11.0. The lowest BCUT2D eigenvalue weighted by Gasteiger charge is -2.19. The van der Waals surface area contributed by atoms with Crippen molar-refractivity contribution in [3.8, 4) is 0 Å². The highest BCUT2D eigenvalue weighted by Crippen LogP contribution is 2.28. The van der Waals surface area contributed by atoms with Crippen LogP contribution in [0.2, 0.25) is 0 Å². The SMILES string of the molecule is CCOC(=O)C(C)(C)c1csc(NC(=O)NCC(C)(O)C(=O)O)n1. The molecule has 24 heavy (non-hydrogen) atoms. The fraction of sp³-hybridized carbons (Fsp3) is 0.571. The van der Waals surface area contributed by atoms with Crippen LogP contribution in [0.3, 0.4) is 0 Å². The van der Waals surface area contributed by atoms with Crippen LogP contribution >= 0.6 is 11.3 Å². The standard InChI is InChI=1S/C14H21N3O6S/c1-5-23-10(20)13(2,3)8-6-24-12(16-8)17-11(21)15-7-14(4,22)9(18)19/h6,22H,5,7H2,1-4H3,(H,18,19)(H2,15,16,17,21). The number of nitrogens with zero attached hydrogens (tertiary/aromatic N) is 1. The lowest BCUT2D eigenvalue weighted by atomic mass is 9.90. The molecule has 0 aromatic carbocycles. The number of amides is 2. The molecule has 2 amide bonds. The number of carboxylic acids is 1. The molecule has 1 atom stereocenters. The largest absolute Gasteiger partial charge is 0.479 e. The normalized spacial score (nSPS) is 13.7. The number of thiazole rings is 1. The minimum absolute atomic E-state index is 0.231. The molecule has 0 aliphatic heterocycles. The molecule has 0 bridgehead atoms. The van der Waals surface area contributed by atoms with Crippen LogP contribution in [0.1, 0.15) is 33.4 Å². The minimum Gasteiger partial charge on any atom is -0.479 e. The van der Waals surface area contributed by atoms with Crippen molar-refractivity contribution < 1.29 is 29.3 Å². The van der Waals surface area contributed by atoms with Gasteiger partial charge >= 0.3 is 18.0 Å². The van der Waals surface area contributed by atoms with Crippen LogP contribution in [-0.4, -0.2) is 51.9 Å².